The van der Waals surface area contributed by atoms with Crippen LogP contribution in [0.2, 0.25) is 0 Å². The van der Waals surface area contributed by atoms with Crippen molar-refractivity contribution in [2.24, 2.45) is 0 Å². The second-order valence-electron chi connectivity index (χ2n) is 6.65. The minimum absolute atomic E-state index is 0.0198. The summed E-state index contributed by atoms with van der Waals surface area (Å²) in [6.45, 7) is 4.98. The third kappa shape index (κ3) is 4.60. The van der Waals surface area contributed by atoms with Gasteiger partial charge in [-0.3, -0.25) is 4.79 Å². The highest BCUT2D eigenvalue weighted by Gasteiger charge is 2.25. The lowest BCUT2D eigenvalue weighted by atomic mass is 10.1. The maximum Gasteiger partial charge on any atom is 0.321 e. The van der Waals surface area contributed by atoms with Crippen LogP contribution in [0, 0.1) is 6.92 Å². The number of aromatic nitrogens is 2. The normalized spacial score (nSPS) is 11.3. The predicted octanol–water partition coefficient (Wildman–Crippen LogP) is 4.01. The predicted molar refractivity (Wildman–Crippen MR) is 110 cm³/mol. The number of benzene rings is 2. The third-order valence-electron chi connectivity index (χ3n) is 4.26. The largest absolute Gasteiger partial charge is 0.424 e. The number of amides is 1. The summed E-state index contributed by atoms with van der Waals surface area (Å²) >= 11 is 0. The van der Waals surface area contributed by atoms with Crippen molar-refractivity contribution in [2.45, 2.75) is 30.9 Å². The van der Waals surface area contributed by atoms with Gasteiger partial charge in [-0.15, -0.1) is 0 Å². The van der Waals surface area contributed by atoms with E-state index in [1.807, 2.05) is 6.92 Å². The van der Waals surface area contributed by atoms with Gasteiger partial charge in [0.1, 0.15) is 5.75 Å². The molecule has 3 rings (SSSR count). The van der Waals surface area contributed by atoms with Crippen LogP contribution in [0.25, 0.3) is 0 Å². The fraction of sp³-hybridized carbons (Fsp3) is 0.190. The van der Waals surface area contributed by atoms with Gasteiger partial charge in [0.05, 0.1) is 15.7 Å². The number of anilines is 1. The molecular formula is C21H21N3O4S. The number of carbonyl (C=O) groups is 1. The molecule has 1 N–H and O–H groups in total. The molecule has 0 aliphatic heterocycles. The van der Waals surface area contributed by atoms with Gasteiger partial charge in [0.2, 0.25) is 0 Å². The Hall–Kier alpha value is -3.26. The van der Waals surface area contributed by atoms with Crippen LogP contribution in [0.4, 0.5) is 5.69 Å². The van der Waals surface area contributed by atoms with Crippen molar-refractivity contribution in [1.82, 2.24) is 9.97 Å². The van der Waals surface area contributed by atoms with E-state index in [2.05, 4.69) is 15.3 Å². The molecule has 2 aromatic carbocycles. The van der Waals surface area contributed by atoms with Gasteiger partial charge >= 0.3 is 6.01 Å². The summed E-state index contributed by atoms with van der Waals surface area (Å²) in [5, 5.41) is 2.15. The second kappa shape index (κ2) is 8.40. The number of hydrogen-bond acceptors (Lipinski definition) is 6. The minimum atomic E-state index is -3.59. The quantitative estimate of drug-likeness (QED) is 0.658. The molecule has 7 nitrogen and oxygen atoms in total. The summed E-state index contributed by atoms with van der Waals surface area (Å²) in [6.07, 6.45) is 3.15. The maximum absolute atomic E-state index is 12.8. The Morgan fingerprint density at radius 1 is 1.03 bits per heavy atom. The van der Waals surface area contributed by atoms with Crippen LogP contribution in [-0.2, 0) is 9.84 Å². The van der Waals surface area contributed by atoms with Crippen molar-refractivity contribution in [3.63, 3.8) is 0 Å². The smallest absolute Gasteiger partial charge is 0.321 e. The van der Waals surface area contributed by atoms with Gasteiger partial charge in [0, 0.05) is 18.1 Å². The van der Waals surface area contributed by atoms with Gasteiger partial charge in [0.15, 0.2) is 9.84 Å². The average molecular weight is 411 g/mol. The van der Waals surface area contributed by atoms with E-state index in [0.717, 1.165) is 5.56 Å². The molecular weight excluding hydrogens is 390 g/mol. The maximum atomic E-state index is 12.8. The Morgan fingerprint density at radius 3 is 2.38 bits per heavy atom. The summed E-state index contributed by atoms with van der Waals surface area (Å²) < 4.78 is 30.8. The fourth-order valence-electron chi connectivity index (χ4n) is 2.63. The van der Waals surface area contributed by atoms with Crippen LogP contribution in [0.3, 0.4) is 0 Å². The molecule has 29 heavy (non-hydrogen) atoms. The minimum Gasteiger partial charge on any atom is -0.424 e. The van der Waals surface area contributed by atoms with E-state index in [-0.39, 0.29) is 16.5 Å². The molecule has 0 radical (unpaired) electrons. The van der Waals surface area contributed by atoms with E-state index in [0.29, 0.717) is 11.4 Å². The van der Waals surface area contributed by atoms with Crippen molar-refractivity contribution in [2.75, 3.05) is 5.32 Å². The van der Waals surface area contributed by atoms with Crippen molar-refractivity contribution < 1.29 is 17.9 Å². The van der Waals surface area contributed by atoms with Gasteiger partial charge in [-0.1, -0.05) is 12.1 Å². The van der Waals surface area contributed by atoms with E-state index >= 15 is 0 Å². The summed E-state index contributed by atoms with van der Waals surface area (Å²) in [5.41, 5.74) is 1.41. The first-order chi connectivity index (χ1) is 13.8. The first-order valence-electron chi connectivity index (χ1n) is 8.99. The monoisotopic (exact) mass is 411 g/mol. The molecule has 0 fully saturated rings. The van der Waals surface area contributed by atoms with Crippen LogP contribution in [0.15, 0.2) is 65.8 Å². The molecule has 1 amide bonds. The highest BCUT2D eigenvalue weighted by atomic mass is 32.2. The van der Waals surface area contributed by atoms with Crippen LogP contribution in [0.5, 0.6) is 11.8 Å². The Bertz CT molecular complexity index is 1130. The lowest BCUT2D eigenvalue weighted by Gasteiger charge is -2.14. The standard InChI is InChI=1S/C21H21N3O4S/c1-14(2)29(26,27)19-8-5-4-7-17(19)20(25)24-18-10-9-16(13-15(18)3)28-21-22-11-6-12-23-21/h4-14H,1-3H3,(H,24,25). The number of sulfone groups is 1. The van der Waals surface area contributed by atoms with Gasteiger partial charge in [-0.25, -0.2) is 18.4 Å². The molecule has 150 valence electrons. The first kappa shape index (κ1) is 20.5. The molecule has 0 atom stereocenters. The summed E-state index contributed by atoms with van der Waals surface area (Å²) in [7, 11) is -3.59. The number of hydrogen-bond donors (Lipinski definition) is 1. The van der Waals surface area contributed by atoms with E-state index in [9.17, 15) is 13.2 Å². The Kier molecular flexibility index (Phi) is 5.93. The molecule has 0 aliphatic carbocycles. The molecule has 0 spiro atoms. The van der Waals surface area contributed by atoms with E-state index in [4.69, 9.17) is 4.74 Å². The topological polar surface area (TPSA) is 98.2 Å². The lowest BCUT2D eigenvalue weighted by molar-refractivity contribution is 0.102. The van der Waals surface area contributed by atoms with E-state index in [1.165, 1.54) is 12.1 Å². The van der Waals surface area contributed by atoms with Crippen LogP contribution in [-0.4, -0.2) is 29.5 Å². The Labute approximate surface area is 169 Å². The Morgan fingerprint density at radius 2 is 1.72 bits per heavy atom. The van der Waals surface area contributed by atoms with Crippen LogP contribution in [0.1, 0.15) is 29.8 Å². The second-order valence-corrected chi connectivity index (χ2v) is 9.13. The van der Waals surface area contributed by atoms with Gasteiger partial charge in [-0.05, 0) is 62.7 Å². The molecule has 0 bridgehead atoms. The zero-order valence-corrected chi connectivity index (χ0v) is 17.1. The zero-order chi connectivity index (χ0) is 21.0. The number of nitrogens with one attached hydrogen (secondary N) is 1. The molecule has 0 saturated carbocycles. The lowest BCUT2D eigenvalue weighted by Crippen LogP contribution is -2.21. The summed E-state index contributed by atoms with van der Waals surface area (Å²) in [4.78, 5) is 20.8. The number of ether oxygens (including phenoxy) is 1. The number of aryl methyl sites for hydroxylation is 1. The average Bonchev–Trinajstić information content (AvgIpc) is 2.70. The molecule has 3 aromatic rings. The van der Waals surface area contributed by atoms with Crippen LogP contribution >= 0.6 is 0 Å². The first-order valence-corrected chi connectivity index (χ1v) is 10.5. The van der Waals surface area contributed by atoms with E-state index < -0.39 is 21.0 Å². The summed E-state index contributed by atoms with van der Waals surface area (Å²) in [6, 6.07) is 13.2. The molecule has 0 aliphatic rings. The van der Waals surface area contributed by atoms with E-state index in [1.54, 1.807) is 62.6 Å². The fourth-order valence-corrected chi connectivity index (χ4v) is 3.87. The molecule has 0 unspecified atom stereocenters. The molecule has 0 saturated heterocycles. The Balaban J connectivity index is 1.83. The van der Waals surface area contributed by atoms with Gasteiger partial charge in [0.25, 0.3) is 5.91 Å². The molecule has 8 heteroatoms. The highest BCUT2D eigenvalue weighted by molar-refractivity contribution is 7.92. The van der Waals surface area contributed by atoms with Crippen molar-refractivity contribution in [1.29, 1.82) is 0 Å². The van der Waals surface area contributed by atoms with Crippen molar-refractivity contribution >= 4 is 21.4 Å². The van der Waals surface area contributed by atoms with Gasteiger partial charge < -0.3 is 10.1 Å². The zero-order valence-electron chi connectivity index (χ0n) is 16.3. The van der Waals surface area contributed by atoms with Crippen molar-refractivity contribution in [3.8, 4) is 11.8 Å². The number of carbonyl (C=O) groups excluding carboxylic acids is 1. The van der Waals surface area contributed by atoms with Crippen LogP contribution < -0.4 is 10.1 Å². The van der Waals surface area contributed by atoms with Crippen molar-refractivity contribution in [3.05, 3.63) is 72.1 Å². The number of nitrogens with zero attached hydrogens (tertiary/aromatic N) is 2. The SMILES string of the molecule is Cc1cc(Oc2ncccn2)ccc1NC(=O)c1ccccc1S(=O)(=O)C(C)C. The molecule has 1 heterocycles. The number of rotatable bonds is 6. The molecule has 1 aromatic heterocycles. The highest BCUT2D eigenvalue weighted by Crippen LogP contribution is 2.26. The van der Waals surface area contributed by atoms with Gasteiger partial charge in [-0.2, -0.15) is 0 Å². The summed E-state index contributed by atoms with van der Waals surface area (Å²) in [5.74, 6) is 0.0301. The third-order valence-corrected chi connectivity index (χ3v) is 6.47.